The molecule has 0 aliphatic carbocycles. The van der Waals surface area contributed by atoms with Crippen molar-refractivity contribution >= 4 is 17.1 Å². The van der Waals surface area contributed by atoms with Gasteiger partial charge in [-0.2, -0.15) is 0 Å². The van der Waals surface area contributed by atoms with E-state index in [2.05, 4.69) is 10.3 Å². The number of furan rings is 1. The molecule has 0 fully saturated rings. The molecule has 3 rings (SSSR count). The number of nitrogens with one attached hydrogen (secondary N) is 1. The van der Waals surface area contributed by atoms with Gasteiger partial charge in [-0.1, -0.05) is 12.1 Å². The summed E-state index contributed by atoms with van der Waals surface area (Å²) in [6.45, 7) is 4.10. The summed E-state index contributed by atoms with van der Waals surface area (Å²) in [5.74, 6) is 0.764. The number of nitrogens with zero attached hydrogens (tertiary/aromatic N) is 1. The molecular weight excluding hydrogens is 348 g/mol. The zero-order chi connectivity index (χ0) is 18.9. The zero-order valence-electron chi connectivity index (χ0n) is 15.1. The lowest BCUT2D eigenvalue weighted by Crippen LogP contribution is -2.17. The minimum atomic E-state index is -0.793. The first-order valence-electron chi connectivity index (χ1n) is 8.86. The third-order valence-corrected chi connectivity index (χ3v) is 3.75. The Morgan fingerprint density at radius 2 is 2.19 bits per heavy atom. The standard InChI is InChI=1S/C20H22N2O5/c1-2-24-20(23)27-19-12-16-17(7-3-8-18(16)26-19)25-11-5-10-22-14-15-6-4-9-21-13-15/h3-4,6-9,12-13,22H,2,5,10-11,14H2,1H3. The Morgan fingerprint density at radius 1 is 1.26 bits per heavy atom. The quantitative estimate of drug-likeness (QED) is 0.451. The van der Waals surface area contributed by atoms with Crippen molar-refractivity contribution in [1.82, 2.24) is 10.3 Å². The van der Waals surface area contributed by atoms with Crippen LogP contribution < -0.4 is 14.8 Å². The highest BCUT2D eigenvalue weighted by Crippen LogP contribution is 2.32. The number of hydrogen-bond donors (Lipinski definition) is 1. The average Bonchev–Trinajstić information content (AvgIpc) is 3.08. The first kappa shape index (κ1) is 18.7. The number of fused-ring (bicyclic) bond motifs is 1. The highest BCUT2D eigenvalue weighted by atomic mass is 16.8. The van der Waals surface area contributed by atoms with E-state index < -0.39 is 6.16 Å². The molecule has 0 aliphatic heterocycles. The van der Waals surface area contributed by atoms with Crippen LogP contribution in [-0.2, 0) is 11.3 Å². The van der Waals surface area contributed by atoms with Crippen molar-refractivity contribution in [3.05, 3.63) is 54.4 Å². The van der Waals surface area contributed by atoms with Crippen molar-refractivity contribution in [3.8, 4) is 11.7 Å². The average molecular weight is 370 g/mol. The van der Waals surface area contributed by atoms with Gasteiger partial charge >= 0.3 is 6.16 Å². The number of carbonyl (C=O) groups excluding carboxylic acids is 1. The summed E-state index contributed by atoms with van der Waals surface area (Å²) in [4.78, 5) is 15.5. The van der Waals surface area contributed by atoms with Crippen LogP contribution in [0.1, 0.15) is 18.9 Å². The summed E-state index contributed by atoms with van der Waals surface area (Å²) >= 11 is 0. The summed E-state index contributed by atoms with van der Waals surface area (Å²) in [5, 5.41) is 4.10. The van der Waals surface area contributed by atoms with E-state index in [1.54, 1.807) is 25.3 Å². The van der Waals surface area contributed by atoms with Gasteiger partial charge in [0.25, 0.3) is 5.95 Å². The maximum Gasteiger partial charge on any atom is 0.516 e. The van der Waals surface area contributed by atoms with Gasteiger partial charge in [0, 0.05) is 25.0 Å². The second-order valence-electron chi connectivity index (χ2n) is 5.76. The Morgan fingerprint density at radius 3 is 3.00 bits per heavy atom. The van der Waals surface area contributed by atoms with E-state index in [0.29, 0.717) is 17.9 Å². The van der Waals surface area contributed by atoms with E-state index in [0.717, 1.165) is 30.5 Å². The number of ether oxygens (including phenoxy) is 3. The highest BCUT2D eigenvalue weighted by molar-refractivity contribution is 5.85. The molecule has 2 heterocycles. The molecule has 0 saturated heterocycles. The minimum absolute atomic E-state index is 0.0811. The van der Waals surface area contributed by atoms with E-state index in [-0.39, 0.29) is 12.6 Å². The Labute approximate surface area is 157 Å². The molecule has 0 spiro atoms. The predicted octanol–water partition coefficient (Wildman–Crippen LogP) is 3.92. The van der Waals surface area contributed by atoms with E-state index in [1.165, 1.54) is 0 Å². The van der Waals surface area contributed by atoms with Crippen molar-refractivity contribution < 1.29 is 23.4 Å². The Kier molecular flexibility index (Phi) is 6.65. The minimum Gasteiger partial charge on any atom is -0.493 e. The lowest BCUT2D eigenvalue weighted by molar-refractivity contribution is 0.0957. The molecule has 1 N–H and O–H groups in total. The van der Waals surface area contributed by atoms with Gasteiger partial charge < -0.3 is 23.9 Å². The SMILES string of the molecule is CCOC(=O)Oc1cc2c(OCCCNCc3cccnc3)cccc2o1. The third-order valence-electron chi connectivity index (χ3n) is 3.75. The zero-order valence-corrected chi connectivity index (χ0v) is 15.1. The first-order valence-corrected chi connectivity index (χ1v) is 8.86. The van der Waals surface area contributed by atoms with Crippen LogP contribution in [0.3, 0.4) is 0 Å². The Hall–Kier alpha value is -3.06. The van der Waals surface area contributed by atoms with Gasteiger partial charge in [-0.25, -0.2) is 4.79 Å². The summed E-state index contributed by atoms with van der Waals surface area (Å²) < 4.78 is 21.1. The number of rotatable bonds is 9. The lowest BCUT2D eigenvalue weighted by atomic mass is 10.2. The van der Waals surface area contributed by atoms with E-state index >= 15 is 0 Å². The summed E-state index contributed by atoms with van der Waals surface area (Å²) in [6, 6.07) is 11.1. The molecular formula is C20H22N2O5. The summed E-state index contributed by atoms with van der Waals surface area (Å²) in [7, 11) is 0. The van der Waals surface area contributed by atoms with Gasteiger partial charge in [0.1, 0.15) is 11.3 Å². The fraction of sp³-hybridized carbons (Fsp3) is 0.300. The van der Waals surface area contributed by atoms with Gasteiger partial charge in [-0.05, 0) is 43.7 Å². The molecule has 0 atom stereocenters. The summed E-state index contributed by atoms with van der Waals surface area (Å²) in [5.41, 5.74) is 1.73. The maximum absolute atomic E-state index is 11.4. The van der Waals surface area contributed by atoms with Crippen molar-refractivity contribution in [2.45, 2.75) is 19.9 Å². The lowest BCUT2D eigenvalue weighted by Gasteiger charge is -2.08. The molecule has 0 saturated carbocycles. The molecule has 2 aromatic heterocycles. The van der Waals surface area contributed by atoms with Crippen LogP contribution in [0.25, 0.3) is 11.0 Å². The van der Waals surface area contributed by atoms with E-state index in [9.17, 15) is 4.79 Å². The van der Waals surface area contributed by atoms with Crippen molar-refractivity contribution in [2.24, 2.45) is 0 Å². The molecule has 0 aliphatic rings. The maximum atomic E-state index is 11.4. The smallest absolute Gasteiger partial charge is 0.493 e. The number of pyridine rings is 1. The third kappa shape index (κ3) is 5.46. The molecule has 27 heavy (non-hydrogen) atoms. The van der Waals surface area contributed by atoms with Gasteiger partial charge in [0.05, 0.1) is 18.6 Å². The van der Waals surface area contributed by atoms with Crippen LogP contribution in [0.5, 0.6) is 11.7 Å². The fourth-order valence-corrected chi connectivity index (χ4v) is 2.53. The molecule has 0 bridgehead atoms. The van der Waals surface area contributed by atoms with Gasteiger partial charge in [0.15, 0.2) is 0 Å². The van der Waals surface area contributed by atoms with Crippen molar-refractivity contribution in [3.63, 3.8) is 0 Å². The topological polar surface area (TPSA) is 82.8 Å². The molecule has 3 aromatic rings. The monoisotopic (exact) mass is 370 g/mol. The second kappa shape index (κ2) is 9.59. The fourth-order valence-electron chi connectivity index (χ4n) is 2.53. The number of carbonyl (C=O) groups is 1. The van der Waals surface area contributed by atoms with Crippen LogP contribution in [0.2, 0.25) is 0 Å². The molecule has 1 aromatic carbocycles. The second-order valence-corrected chi connectivity index (χ2v) is 5.76. The van der Waals surface area contributed by atoms with Gasteiger partial charge in [0.2, 0.25) is 0 Å². The van der Waals surface area contributed by atoms with Crippen LogP contribution >= 0.6 is 0 Å². The van der Waals surface area contributed by atoms with Gasteiger partial charge in [-0.3, -0.25) is 4.98 Å². The van der Waals surface area contributed by atoms with E-state index in [1.807, 2.05) is 30.5 Å². The van der Waals surface area contributed by atoms with Crippen molar-refractivity contribution in [2.75, 3.05) is 19.8 Å². The van der Waals surface area contributed by atoms with Crippen LogP contribution in [0, 0.1) is 0 Å². The molecule has 7 nitrogen and oxygen atoms in total. The van der Waals surface area contributed by atoms with Crippen LogP contribution in [0.15, 0.2) is 53.2 Å². The normalized spacial score (nSPS) is 10.7. The van der Waals surface area contributed by atoms with Crippen LogP contribution in [0.4, 0.5) is 4.79 Å². The molecule has 7 heteroatoms. The first-order chi connectivity index (χ1) is 13.3. The Balaban J connectivity index is 1.48. The summed E-state index contributed by atoms with van der Waals surface area (Å²) in [6.07, 6.45) is 3.66. The van der Waals surface area contributed by atoms with Crippen LogP contribution in [-0.4, -0.2) is 30.9 Å². The van der Waals surface area contributed by atoms with Gasteiger partial charge in [-0.15, -0.1) is 0 Å². The highest BCUT2D eigenvalue weighted by Gasteiger charge is 2.13. The molecule has 0 radical (unpaired) electrons. The molecule has 142 valence electrons. The number of aromatic nitrogens is 1. The van der Waals surface area contributed by atoms with Crippen molar-refractivity contribution in [1.29, 1.82) is 0 Å². The number of benzene rings is 1. The van der Waals surface area contributed by atoms with E-state index in [4.69, 9.17) is 18.6 Å². The molecule has 0 amide bonds. The molecule has 0 unspecified atom stereocenters. The Bertz CT molecular complexity index is 863. The largest absolute Gasteiger partial charge is 0.516 e. The predicted molar refractivity (Wildman–Crippen MR) is 99.9 cm³/mol. The number of hydrogen-bond acceptors (Lipinski definition) is 7.